The molecule has 0 aromatic rings. The predicted molar refractivity (Wildman–Crippen MR) is 55.1 cm³/mol. The van der Waals surface area contributed by atoms with E-state index in [2.05, 4.69) is 5.43 Å². The van der Waals surface area contributed by atoms with Gasteiger partial charge in [0.05, 0.1) is 0 Å². The van der Waals surface area contributed by atoms with Crippen molar-refractivity contribution < 1.29 is 9.90 Å². The Morgan fingerprint density at radius 1 is 1.62 bits per heavy atom. The summed E-state index contributed by atoms with van der Waals surface area (Å²) in [6.07, 6.45) is 0.766. The first-order valence-corrected chi connectivity index (χ1v) is 5.39. The van der Waals surface area contributed by atoms with Crippen molar-refractivity contribution >= 4 is 17.7 Å². The van der Waals surface area contributed by atoms with E-state index in [-0.39, 0.29) is 18.4 Å². The van der Waals surface area contributed by atoms with Crippen molar-refractivity contribution in [3.05, 3.63) is 0 Å². The number of amides is 1. The number of hydrazine groups is 1. The summed E-state index contributed by atoms with van der Waals surface area (Å²) in [6, 6.07) is 0. The molecule has 0 fully saturated rings. The van der Waals surface area contributed by atoms with Gasteiger partial charge in [0.15, 0.2) is 0 Å². The lowest BCUT2D eigenvalue weighted by Gasteiger charge is -2.13. The largest absolute Gasteiger partial charge is 0.396 e. The zero-order valence-electron chi connectivity index (χ0n) is 8.12. The third-order valence-electron chi connectivity index (χ3n) is 1.76. The predicted octanol–water partition coefficient (Wildman–Crippen LogP) is 0.116. The van der Waals surface area contributed by atoms with Crippen molar-refractivity contribution in [2.45, 2.75) is 25.5 Å². The molecule has 13 heavy (non-hydrogen) atoms. The first kappa shape index (κ1) is 12.7. The molecule has 2 atom stereocenters. The minimum Gasteiger partial charge on any atom is -0.396 e. The molecule has 0 radical (unpaired) electrons. The lowest BCUT2D eigenvalue weighted by molar-refractivity contribution is -0.123. The molecule has 5 heteroatoms. The van der Waals surface area contributed by atoms with Crippen LogP contribution in [0.5, 0.6) is 0 Å². The Hall–Kier alpha value is -0.260. The van der Waals surface area contributed by atoms with Gasteiger partial charge in [0.1, 0.15) is 0 Å². The molecular weight excluding hydrogens is 188 g/mol. The molecular formula is C8H18N2O2S. The fraction of sp³-hybridized carbons (Fsp3) is 0.875. The Balaban J connectivity index is 3.56. The summed E-state index contributed by atoms with van der Waals surface area (Å²) < 4.78 is 0. The number of aliphatic hydroxyl groups excluding tert-OH is 1. The van der Waals surface area contributed by atoms with E-state index in [4.69, 9.17) is 10.9 Å². The van der Waals surface area contributed by atoms with Gasteiger partial charge >= 0.3 is 0 Å². The monoisotopic (exact) mass is 206 g/mol. The van der Waals surface area contributed by atoms with Crippen molar-refractivity contribution in [1.29, 1.82) is 0 Å². The highest BCUT2D eigenvalue weighted by molar-refractivity contribution is 7.99. The van der Waals surface area contributed by atoms with E-state index in [1.165, 1.54) is 0 Å². The van der Waals surface area contributed by atoms with E-state index in [0.717, 1.165) is 12.2 Å². The van der Waals surface area contributed by atoms with Gasteiger partial charge in [0.25, 0.3) is 0 Å². The highest BCUT2D eigenvalue weighted by atomic mass is 32.2. The molecule has 2 unspecified atom stereocenters. The van der Waals surface area contributed by atoms with Crippen LogP contribution in [0, 0.1) is 5.92 Å². The Kier molecular flexibility index (Phi) is 7.03. The summed E-state index contributed by atoms with van der Waals surface area (Å²) in [7, 11) is 0. The third kappa shape index (κ3) is 5.90. The maximum absolute atomic E-state index is 11.0. The molecule has 0 saturated heterocycles. The van der Waals surface area contributed by atoms with Crippen molar-refractivity contribution in [3.63, 3.8) is 0 Å². The minimum absolute atomic E-state index is 0.0730. The summed E-state index contributed by atoms with van der Waals surface area (Å²) in [6.45, 7) is 4.07. The minimum atomic E-state index is -0.135. The Bertz CT molecular complexity index is 155. The van der Waals surface area contributed by atoms with E-state index in [0.29, 0.717) is 5.25 Å². The number of thioether (sulfide) groups is 1. The van der Waals surface area contributed by atoms with Crippen LogP contribution in [0.15, 0.2) is 0 Å². The number of nitrogens with one attached hydrogen (secondary N) is 1. The summed E-state index contributed by atoms with van der Waals surface area (Å²) in [5.74, 6) is 5.52. The third-order valence-corrected chi connectivity index (χ3v) is 3.25. The fourth-order valence-electron chi connectivity index (χ4n) is 0.792. The van der Waals surface area contributed by atoms with Crippen LogP contribution in [-0.2, 0) is 4.79 Å². The van der Waals surface area contributed by atoms with Crippen LogP contribution in [0.3, 0.4) is 0 Å². The number of carbonyl (C=O) groups excluding carboxylic acids is 1. The number of hydrogen-bond donors (Lipinski definition) is 3. The van der Waals surface area contributed by atoms with Crippen LogP contribution in [-0.4, -0.2) is 28.6 Å². The molecule has 0 aliphatic heterocycles. The van der Waals surface area contributed by atoms with Gasteiger partial charge in [-0.25, -0.2) is 5.84 Å². The molecule has 0 heterocycles. The molecule has 4 N–H and O–H groups in total. The summed E-state index contributed by atoms with van der Waals surface area (Å²) in [5.41, 5.74) is 2.12. The smallest absolute Gasteiger partial charge is 0.237 e. The molecule has 0 aliphatic carbocycles. The summed E-state index contributed by atoms with van der Waals surface area (Å²) in [4.78, 5) is 11.0. The number of carbonyl (C=O) groups is 1. The Labute approximate surface area is 83.2 Å². The van der Waals surface area contributed by atoms with Crippen LogP contribution >= 0.6 is 11.8 Å². The maximum Gasteiger partial charge on any atom is 0.237 e. The Morgan fingerprint density at radius 3 is 2.69 bits per heavy atom. The number of aliphatic hydroxyl groups is 1. The normalized spacial score (nSPS) is 15.1. The van der Waals surface area contributed by atoms with Crippen LogP contribution in [0.1, 0.15) is 20.3 Å². The van der Waals surface area contributed by atoms with E-state index < -0.39 is 0 Å². The lowest BCUT2D eigenvalue weighted by atomic mass is 10.2. The van der Waals surface area contributed by atoms with Crippen LogP contribution in [0.2, 0.25) is 0 Å². The van der Waals surface area contributed by atoms with Crippen LogP contribution in [0.25, 0.3) is 0 Å². The van der Waals surface area contributed by atoms with Crippen molar-refractivity contribution in [2.75, 3.05) is 12.4 Å². The molecule has 0 saturated carbocycles. The van der Waals surface area contributed by atoms with Gasteiger partial charge in [-0.1, -0.05) is 13.8 Å². The van der Waals surface area contributed by atoms with Crippen molar-refractivity contribution in [3.8, 4) is 0 Å². The molecule has 78 valence electrons. The number of hydrogen-bond acceptors (Lipinski definition) is 4. The first-order chi connectivity index (χ1) is 6.11. The van der Waals surface area contributed by atoms with Crippen LogP contribution < -0.4 is 11.3 Å². The van der Waals surface area contributed by atoms with E-state index in [1.54, 1.807) is 11.8 Å². The van der Waals surface area contributed by atoms with Gasteiger partial charge in [0, 0.05) is 23.5 Å². The Morgan fingerprint density at radius 2 is 2.23 bits per heavy atom. The molecule has 0 aromatic carbocycles. The topological polar surface area (TPSA) is 75.3 Å². The number of rotatable bonds is 6. The summed E-state index contributed by atoms with van der Waals surface area (Å²) >= 11 is 1.68. The van der Waals surface area contributed by atoms with Gasteiger partial charge < -0.3 is 5.11 Å². The zero-order chi connectivity index (χ0) is 10.3. The molecule has 0 rings (SSSR count). The zero-order valence-corrected chi connectivity index (χ0v) is 8.93. The number of nitrogens with two attached hydrogens (primary N) is 1. The molecule has 1 amide bonds. The van der Waals surface area contributed by atoms with E-state index >= 15 is 0 Å². The van der Waals surface area contributed by atoms with Crippen molar-refractivity contribution in [2.24, 2.45) is 11.8 Å². The first-order valence-electron chi connectivity index (χ1n) is 4.34. The fourth-order valence-corrected chi connectivity index (χ4v) is 1.83. The quantitative estimate of drug-likeness (QED) is 0.328. The van der Waals surface area contributed by atoms with Gasteiger partial charge in [-0.3, -0.25) is 10.2 Å². The highest BCUT2D eigenvalue weighted by Gasteiger charge is 2.12. The molecule has 0 aromatic heterocycles. The highest BCUT2D eigenvalue weighted by Crippen LogP contribution is 2.17. The molecule has 0 bridgehead atoms. The molecule has 0 aliphatic rings. The second-order valence-electron chi connectivity index (χ2n) is 3.07. The second-order valence-corrected chi connectivity index (χ2v) is 4.54. The van der Waals surface area contributed by atoms with E-state index in [1.807, 2.05) is 13.8 Å². The van der Waals surface area contributed by atoms with Gasteiger partial charge in [0.2, 0.25) is 5.91 Å². The average Bonchev–Trinajstić information content (AvgIpc) is 2.13. The van der Waals surface area contributed by atoms with Crippen LogP contribution in [0.4, 0.5) is 0 Å². The molecule has 0 spiro atoms. The lowest BCUT2D eigenvalue weighted by Crippen LogP contribution is -2.35. The SMILES string of the molecule is CC(CCO)SCC(C)C(=O)NN. The standard InChI is InChI=1S/C8H18N2O2S/c1-6(8(12)10-9)5-13-7(2)3-4-11/h6-7,11H,3-5,9H2,1-2H3,(H,10,12). The van der Waals surface area contributed by atoms with Gasteiger partial charge in [-0.2, -0.15) is 11.8 Å². The van der Waals surface area contributed by atoms with Crippen molar-refractivity contribution in [1.82, 2.24) is 5.43 Å². The van der Waals surface area contributed by atoms with Gasteiger partial charge in [-0.05, 0) is 6.42 Å². The maximum atomic E-state index is 11.0. The summed E-state index contributed by atoms with van der Waals surface area (Å²) in [5, 5.41) is 9.03. The molecule has 4 nitrogen and oxygen atoms in total. The second kappa shape index (κ2) is 7.17. The van der Waals surface area contributed by atoms with E-state index in [9.17, 15) is 4.79 Å². The average molecular weight is 206 g/mol. The van der Waals surface area contributed by atoms with Gasteiger partial charge in [-0.15, -0.1) is 0 Å².